The van der Waals surface area contributed by atoms with Crippen molar-refractivity contribution >= 4 is 17.5 Å². The van der Waals surface area contributed by atoms with Crippen molar-refractivity contribution in [2.45, 2.75) is 51.2 Å². The Labute approximate surface area is 135 Å². The maximum Gasteiger partial charge on any atom is 0.252 e. The lowest BCUT2D eigenvalue weighted by atomic mass is 9.97. The minimum Gasteiger partial charge on any atom is -0.380 e. The molecular weight excluding hydrogens is 299 g/mol. The number of hydrogen-bond donors (Lipinski definition) is 2. The van der Waals surface area contributed by atoms with E-state index in [1.165, 1.54) is 17.9 Å². The van der Waals surface area contributed by atoms with Crippen LogP contribution in [0.2, 0.25) is 0 Å². The number of nitrogens with one attached hydrogen (secondary N) is 1. The molecular formula is C17H23FN2O3. The Balaban J connectivity index is 2.11. The summed E-state index contributed by atoms with van der Waals surface area (Å²) in [5, 5.41) is 12.7. The van der Waals surface area contributed by atoms with Crippen LogP contribution < -0.4 is 10.2 Å². The van der Waals surface area contributed by atoms with Crippen molar-refractivity contribution in [2.75, 3.05) is 11.4 Å². The number of nitrogens with zero attached hydrogens (tertiary/aromatic N) is 1. The average molecular weight is 322 g/mol. The summed E-state index contributed by atoms with van der Waals surface area (Å²) in [5.74, 6) is -1.37. The van der Waals surface area contributed by atoms with Crippen LogP contribution in [0.4, 0.5) is 10.1 Å². The molecule has 2 atom stereocenters. The summed E-state index contributed by atoms with van der Waals surface area (Å²) >= 11 is 0. The van der Waals surface area contributed by atoms with Crippen LogP contribution in [0.3, 0.4) is 0 Å². The zero-order valence-corrected chi connectivity index (χ0v) is 13.5. The van der Waals surface area contributed by atoms with Gasteiger partial charge in [0.05, 0.1) is 5.69 Å². The van der Waals surface area contributed by atoms with Gasteiger partial charge in [-0.05, 0) is 38.3 Å². The quantitative estimate of drug-likeness (QED) is 0.871. The summed E-state index contributed by atoms with van der Waals surface area (Å²) in [6, 6.07) is 5.34. The first-order chi connectivity index (χ1) is 10.9. The van der Waals surface area contributed by atoms with E-state index < -0.39 is 23.4 Å². The molecule has 126 valence electrons. The van der Waals surface area contributed by atoms with Crippen LogP contribution in [-0.2, 0) is 9.59 Å². The fourth-order valence-electron chi connectivity index (χ4n) is 2.83. The highest BCUT2D eigenvalue weighted by molar-refractivity contribution is 6.00. The van der Waals surface area contributed by atoms with E-state index in [2.05, 4.69) is 5.32 Å². The lowest BCUT2D eigenvalue weighted by Crippen LogP contribution is -2.56. The third-order valence-corrected chi connectivity index (χ3v) is 4.11. The third kappa shape index (κ3) is 3.88. The summed E-state index contributed by atoms with van der Waals surface area (Å²) < 4.78 is 13.9. The number of para-hydroxylation sites is 1. The van der Waals surface area contributed by atoms with Crippen LogP contribution in [0.25, 0.3) is 0 Å². The molecule has 0 saturated carbocycles. The molecule has 23 heavy (non-hydrogen) atoms. The topological polar surface area (TPSA) is 69.6 Å². The predicted octanol–water partition coefficient (Wildman–Crippen LogP) is 1.99. The largest absolute Gasteiger partial charge is 0.380 e. The molecule has 1 fully saturated rings. The molecule has 0 bridgehead atoms. The van der Waals surface area contributed by atoms with Crippen molar-refractivity contribution in [2.24, 2.45) is 0 Å². The molecule has 1 saturated heterocycles. The van der Waals surface area contributed by atoms with Crippen molar-refractivity contribution in [3.63, 3.8) is 0 Å². The minimum absolute atomic E-state index is 0.219. The molecule has 2 rings (SSSR count). The maximum atomic E-state index is 13.9. The molecule has 0 aliphatic carbocycles. The highest BCUT2D eigenvalue weighted by atomic mass is 19.1. The van der Waals surface area contributed by atoms with Gasteiger partial charge in [0.1, 0.15) is 17.5 Å². The van der Waals surface area contributed by atoms with Gasteiger partial charge in [-0.3, -0.25) is 9.59 Å². The Bertz CT molecular complexity index is 589. The van der Waals surface area contributed by atoms with E-state index in [1.54, 1.807) is 18.2 Å². The van der Waals surface area contributed by atoms with E-state index in [0.717, 1.165) is 0 Å². The molecule has 5 nitrogen and oxygen atoms in total. The molecule has 2 N–H and O–H groups in total. The summed E-state index contributed by atoms with van der Waals surface area (Å²) in [4.78, 5) is 26.1. The first-order valence-electron chi connectivity index (χ1n) is 7.96. The van der Waals surface area contributed by atoms with Gasteiger partial charge in [0.15, 0.2) is 0 Å². The highest BCUT2D eigenvalue weighted by Crippen LogP contribution is 2.24. The third-order valence-electron chi connectivity index (χ3n) is 4.11. The molecule has 6 heteroatoms. The van der Waals surface area contributed by atoms with E-state index in [-0.39, 0.29) is 11.6 Å². The van der Waals surface area contributed by atoms with E-state index in [4.69, 9.17) is 0 Å². The second-order valence-electron chi connectivity index (χ2n) is 6.13. The SMILES string of the molecule is CCCC(C)(O)C(=O)NC1CCCN(c2ccccc2F)C1=O. The molecule has 1 aliphatic heterocycles. The van der Waals surface area contributed by atoms with Crippen molar-refractivity contribution in [1.82, 2.24) is 5.32 Å². The number of anilines is 1. The minimum atomic E-state index is -1.50. The molecule has 2 unspecified atom stereocenters. The number of rotatable bonds is 5. The van der Waals surface area contributed by atoms with Gasteiger partial charge in [0.2, 0.25) is 5.91 Å². The van der Waals surface area contributed by atoms with Gasteiger partial charge < -0.3 is 15.3 Å². The predicted molar refractivity (Wildman–Crippen MR) is 85.4 cm³/mol. The number of carbonyl (C=O) groups is 2. The fourth-order valence-corrected chi connectivity index (χ4v) is 2.83. The Morgan fingerprint density at radius 2 is 2.17 bits per heavy atom. The Morgan fingerprint density at radius 1 is 1.48 bits per heavy atom. The van der Waals surface area contributed by atoms with Crippen LogP contribution >= 0.6 is 0 Å². The summed E-state index contributed by atoms with van der Waals surface area (Å²) in [6.07, 6.45) is 2.11. The molecule has 2 amide bonds. The smallest absolute Gasteiger partial charge is 0.252 e. The highest BCUT2D eigenvalue weighted by Gasteiger charge is 2.36. The Kier molecular flexibility index (Phi) is 5.36. The lowest BCUT2D eigenvalue weighted by molar-refractivity contribution is -0.141. The van der Waals surface area contributed by atoms with E-state index in [1.807, 2.05) is 6.92 Å². The summed E-state index contributed by atoms with van der Waals surface area (Å²) in [7, 11) is 0. The zero-order valence-electron chi connectivity index (χ0n) is 13.5. The second-order valence-corrected chi connectivity index (χ2v) is 6.13. The van der Waals surface area contributed by atoms with Gasteiger partial charge >= 0.3 is 0 Å². The molecule has 0 aromatic heterocycles. The normalized spacial score (nSPS) is 21.0. The number of carbonyl (C=O) groups excluding carboxylic acids is 2. The molecule has 0 radical (unpaired) electrons. The van der Waals surface area contributed by atoms with Gasteiger partial charge in [0.25, 0.3) is 5.91 Å². The first-order valence-corrected chi connectivity index (χ1v) is 7.96. The van der Waals surface area contributed by atoms with Crippen LogP contribution in [0.1, 0.15) is 39.5 Å². The summed E-state index contributed by atoms with van der Waals surface area (Å²) in [5.41, 5.74) is -1.29. The van der Waals surface area contributed by atoms with Crippen molar-refractivity contribution < 1.29 is 19.1 Å². The molecule has 1 aromatic carbocycles. The van der Waals surface area contributed by atoms with E-state index in [0.29, 0.717) is 32.2 Å². The number of piperidine rings is 1. The average Bonchev–Trinajstić information content (AvgIpc) is 2.50. The van der Waals surface area contributed by atoms with Crippen LogP contribution in [0, 0.1) is 5.82 Å². The van der Waals surface area contributed by atoms with Crippen molar-refractivity contribution in [3.05, 3.63) is 30.1 Å². The van der Waals surface area contributed by atoms with E-state index in [9.17, 15) is 19.1 Å². The van der Waals surface area contributed by atoms with Crippen molar-refractivity contribution in [3.8, 4) is 0 Å². The molecule has 1 aromatic rings. The molecule has 0 spiro atoms. The number of hydrogen-bond acceptors (Lipinski definition) is 3. The standard InChI is InChI=1S/C17H23FN2O3/c1-3-10-17(2,23)16(22)19-13-8-6-11-20(15(13)21)14-9-5-4-7-12(14)18/h4-5,7,9,13,23H,3,6,8,10-11H2,1-2H3,(H,19,22). The Morgan fingerprint density at radius 3 is 2.83 bits per heavy atom. The van der Waals surface area contributed by atoms with Crippen LogP contribution in [0.5, 0.6) is 0 Å². The zero-order chi connectivity index (χ0) is 17.0. The molecule has 1 aliphatic rings. The van der Waals surface area contributed by atoms with Gasteiger partial charge in [-0.25, -0.2) is 4.39 Å². The number of halogens is 1. The number of benzene rings is 1. The van der Waals surface area contributed by atoms with Gasteiger partial charge in [0, 0.05) is 6.54 Å². The number of aliphatic hydroxyl groups is 1. The monoisotopic (exact) mass is 322 g/mol. The first kappa shape index (κ1) is 17.4. The maximum absolute atomic E-state index is 13.9. The van der Waals surface area contributed by atoms with E-state index >= 15 is 0 Å². The Hall–Kier alpha value is -1.95. The fraction of sp³-hybridized carbons (Fsp3) is 0.529. The van der Waals surface area contributed by atoms with Crippen LogP contribution in [-0.4, -0.2) is 35.1 Å². The summed E-state index contributed by atoms with van der Waals surface area (Å²) in [6.45, 7) is 3.72. The van der Waals surface area contributed by atoms with Crippen LogP contribution in [0.15, 0.2) is 24.3 Å². The van der Waals surface area contributed by atoms with Gasteiger partial charge in [-0.1, -0.05) is 25.5 Å². The van der Waals surface area contributed by atoms with Crippen molar-refractivity contribution in [1.29, 1.82) is 0 Å². The molecule has 1 heterocycles. The lowest BCUT2D eigenvalue weighted by Gasteiger charge is -2.34. The number of amides is 2. The second kappa shape index (κ2) is 7.08. The van der Waals surface area contributed by atoms with Gasteiger partial charge in [-0.2, -0.15) is 0 Å². The van der Waals surface area contributed by atoms with Gasteiger partial charge in [-0.15, -0.1) is 0 Å².